The van der Waals surface area contributed by atoms with Gasteiger partial charge in [0.1, 0.15) is 5.78 Å². The molecule has 0 aliphatic carbocycles. The van der Waals surface area contributed by atoms with Gasteiger partial charge < -0.3 is 5.32 Å². The van der Waals surface area contributed by atoms with Crippen molar-refractivity contribution in [1.82, 2.24) is 5.32 Å². The number of hydrogen-bond donors (Lipinski definition) is 1. The van der Waals surface area contributed by atoms with E-state index in [4.69, 9.17) is 0 Å². The quantitative estimate of drug-likeness (QED) is 0.684. The number of hydrogen-bond acceptors (Lipinski definition) is 2. The summed E-state index contributed by atoms with van der Waals surface area (Å²) in [6, 6.07) is 0.0370. The highest BCUT2D eigenvalue weighted by Crippen LogP contribution is 2.04. The Morgan fingerprint density at radius 1 is 1.31 bits per heavy atom. The molecule has 13 heavy (non-hydrogen) atoms. The van der Waals surface area contributed by atoms with Crippen molar-refractivity contribution in [3.63, 3.8) is 0 Å². The van der Waals surface area contributed by atoms with E-state index in [9.17, 15) is 9.59 Å². The third-order valence-corrected chi connectivity index (χ3v) is 1.85. The summed E-state index contributed by atoms with van der Waals surface area (Å²) in [5.41, 5.74) is 0. The van der Waals surface area contributed by atoms with E-state index in [-0.39, 0.29) is 17.7 Å². The van der Waals surface area contributed by atoms with E-state index >= 15 is 0 Å². The highest BCUT2D eigenvalue weighted by molar-refractivity contribution is 5.78. The predicted octanol–water partition coefficient (Wildman–Crippen LogP) is 1.66. The highest BCUT2D eigenvalue weighted by atomic mass is 16.1. The zero-order valence-electron chi connectivity index (χ0n) is 8.72. The maximum atomic E-state index is 10.8. The average Bonchev–Trinajstić information content (AvgIpc) is 1.98. The van der Waals surface area contributed by atoms with Crippen LogP contribution >= 0.6 is 0 Å². The lowest BCUT2D eigenvalue weighted by Gasteiger charge is -2.15. The van der Waals surface area contributed by atoms with E-state index < -0.39 is 0 Å². The second kappa shape index (κ2) is 6.63. The molecule has 1 N–H and O–H groups in total. The molecule has 0 spiro atoms. The van der Waals surface area contributed by atoms with Gasteiger partial charge in [-0.25, -0.2) is 0 Å². The number of nitrogens with one attached hydrogen (secondary N) is 1. The van der Waals surface area contributed by atoms with Gasteiger partial charge in [0, 0.05) is 19.4 Å². The van der Waals surface area contributed by atoms with Crippen molar-refractivity contribution in [2.24, 2.45) is 0 Å². The van der Waals surface area contributed by atoms with Crippen molar-refractivity contribution in [3.05, 3.63) is 0 Å². The first-order valence-corrected chi connectivity index (χ1v) is 4.82. The minimum Gasteiger partial charge on any atom is -0.353 e. The van der Waals surface area contributed by atoms with Gasteiger partial charge in [0.15, 0.2) is 0 Å². The lowest BCUT2D eigenvalue weighted by atomic mass is 10.0. The van der Waals surface area contributed by atoms with Gasteiger partial charge in [-0.05, 0) is 13.3 Å². The highest BCUT2D eigenvalue weighted by Gasteiger charge is 2.11. The molecule has 1 amide bonds. The molecule has 0 fully saturated rings. The van der Waals surface area contributed by atoms with E-state index in [2.05, 4.69) is 12.2 Å². The summed E-state index contributed by atoms with van der Waals surface area (Å²) in [4.78, 5) is 21.6. The molecule has 0 heterocycles. The van der Waals surface area contributed by atoms with Gasteiger partial charge in [-0.3, -0.25) is 9.59 Å². The molecular weight excluding hydrogens is 166 g/mol. The second-order valence-electron chi connectivity index (χ2n) is 3.45. The summed E-state index contributed by atoms with van der Waals surface area (Å²) in [6.07, 6.45) is 3.50. The molecule has 3 nitrogen and oxygen atoms in total. The Kier molecular flexibility index (Phi) is 6.20. The van der Waals surface area contributed by atoms with Crippen molar-refractivity contribution in [1.29, 1.82) is 0 Å². The van der Waals surface area contributed by atoms with E-state index in [0.29, 0.717) is 6.42 Å². The average molecular weight is 185 g/mol. The van der Waals surface area contributed by atoms with Crippen LogP contribution in [0, 0.1) is 0 Å². The number of rotatable bonds is 6. The molecule has 0 unspecified atom stereocenters. The third kappa shape index (κ3) is 7.50. The Bertz CT molecular complexity index is 162. The molecule has 0 bridgehead atoms. The lowest BCUT2D eigenvalue weighted by molar-refractivity contribution is -0.120. The first-order valence-electron chi connectivity index (χ1n) is 4.82. The molecule has 1 atom stereocenters. The minimum atomic E-state index is -0.0534. The fourth-order valence-electron chi connectivity index (χ4n) is 1.31. The van der Waals surface area contributed by atoms with E-state index in [1.807, 2.05) is 0 Å². The molecule has 0 rings (SSSR count). The van der Waals surface area contributed by atoms with E-state index in [0.717, 1.165) is 19.3 Å². The fraction of sp³-hybridized carbons (Fsp3) is 0.800. The molecule has 0 aliphatic heterocycles. The summed E-state index contributed by atoms with van der Waals surface area (Å²) in [5.74, 6) is 0.0807. The van der Waals surface area contributed by atoms with Crippen LogP contribution in [0.15, 0.2) is 0 Å². The van der Waals surface area contributed by atoms with Crippen molar-refractivity contribution in [3.8, 4) is 0 Å². The van der Waals surface area contributed by atoms with Gasteiger partial charge in [-0.2, -0.15) is 0 Å². The summed E-state index contributed by atoms with van der Waals surface area (Å²) >= 11 is 0. The van der Waals surface area contributed by atoms with Gasteiger partial charge in [-0.15, -0.1) is 0 Å². The van der Waals surface area contributed by atoms with Gasteiger partial charge in [0.05, 0.1) is 0 Å². The third-order valence-electron chi connectivity index (χ3n) is 1.85. The molecule has 0 aromatic heterocycles. The zero-order valence-corrected chi connectivity index (χ0v) is 8.72. The van der Waals surface area contributed by atoms with Crippen LogP contribution in [0.5, 0.6) is 0 Å². The largest absolute Gasteiger partial charge is 0.353 e. The lowest BCUT2D eigenvalue weighted by Crippen LogP contribution is -2.34. The first kappa shape index (κ1) is 12.1. The smallest absolute Gasteiger partial charge is 0.217 e. The maximum Gasteiger partial charge on any atom is 0.217 e. The van der Waals surface area contributed by atoms with Crippen molar-refractivity contribution >= 4 is 11.7 Å². The van der Waals surface area contributed by atoms with Crippen LogP contribution in [-0.2, 0) is 9.59 Å². The molecule has 0 aromatic rings. The molecule has 0 saturated carbocycles. The van der Waals surface area contributed by atoms with Gasteiger partial charge in [0.2, 0.25) is 5.91 Å². The number of Topliss-reactive ketones (excluding diaryl/α,β-unsaturated/α-hetero) is 1. The second-order valence-corrected chi connectivity index (χ2v) is 3.45. The number of carbonyl (C=O) groups excluding carboxylic acids is 2. The van der Waals surface area contributed by atoms with Crippen LogP contribution in [0.1, 0.15) is 46.5 Å². The maximum absolute atomic E-state index is 10.8. The Morgan fingerprint density at radius 3 is 2.31 bits per heavy atom. The minimum absolute atomic E-state index is 0.0370. The first-order chi connectivity index (χ1) is 6.06. The van der Waals surface area contributed by atoms with Gasteiger partial charge in [-0.1, -0.05) is 19.8 Å². The molecule has 0 aromatic carbocycles. The fourth-order valence-corrected chi connectivity index (χ4v) is 1.31. The van der Waals surface area contributed by atoms with Crippen molar-refractivity contribution in [2.45, 2.75) is 52.5 Å². The predicted molar refractivity (Wildman–Crippen MR) is 52.4 cm³/mol. The van der Waals surface area contributed by atoms with E-state index in [1.165, 1.54) is 6.92 Å². The number of ketones is 1. The van der Waals surface area contributed by atoms with Crippen LogP contribution in [0.25, 0.3) is 0 Å². The van der Waals surface area contributed by atoms with Crippen molar-refractivity contribution in [2.75, 3.05) is 0 Å². The van der Waals surface area contributed by atoms with Gasteiger partial charge >= 0.3 is 0 Å². The summed E-state index contributed by atoms with van der Waals surface area (Å²) in [5, 5.41) is 2.79. The van der Waals surface area contributed by atoms with Crippen LogP contribution in [-0.4, -0.2) is 17.7 Å². The monoisotopic (exact) mass is 185 g/mol. The normalized spacial score (nSPS) is 12.2. The molecule has 76 valence electrons. The standard InChI is InChI=1S/C10H19NO2/c1-4-5-6-10(7-8(2)12)11-9(3)13/h10H,4-7H2,1-3H3,(H,11,13)/t10-/m1/s1. The summed E-state index contributed by atoms with van der Waals surface area (Å²) < 4.78 is 0. The SMILES string of the molecule is CCCC[C@H](CC(C)=O)NC(C)=O. The Hall–Kier alpha value is -0.860. The number of carbonyl (C=O) groups is 2. The Balaban J connectivity index is 3.87. The molecular formula is C10H19NO2. The topological polar surface area (TPSA) is 46.2 Å². The molecule has 0 radical (unpaired) electrons. The van der Waals surface area contributed by atoms with Gasteiger partial charge in [0.25, 0.3) is 0 Å². The van der Waals surface area contributed by atoms with Crippen LogP contribution < -0.4 is 5.32 Å². The van der Waals surface area contributed by atoms with Crippen LogP contribution in [0.4, 0.5) is 0 Å². The molecule has 3 heteroatoms. The zero-order chi connectivity index (χ0) is 10.3. The summed E-state index contributed by atoms with van der Waals surface area (Å²) in [7, 11) is 0. The van der Waals surface area contributed by atoms with Crippen LogP contribution in [0.2, 0.25) is 0 Å². The number of amides is 1. The Morgan fingerprint density at radius 2 is 1.92 bits per heavy atom. The Labute approximate surface area is 79.9 Å². The van der Waals surface area contributed by atoms with Crippen LogP contribution in [0.3, 0.4) is 0 Å². The van der Waals surface area contributed by atoms with E-state index in [1.54, 1.807) is 6.92 Å². The summed E-state index contributed by atoms with van der Waals surface area (Å²) in [6.45, 7) is 5.14. The molecule has 0 saturated heterocycles. The van der Waals surface area contributed by atoms with Crippen molar-refractivity contribution < 1.29 is 9.59 Å². The molecule has 0 aliphatic rings. The number of unbranched alkanes of at least 4 members (excludes halogenated alkanes) is 1.